The first-order valence-corrected chi connectivity index (χ1v) is 9.07. The van der Waals surface area contributed by atoms with Crippen molar-refractivity contribution in [3.63, 3.8) is 0 Å². The maximum Gasteiger partial charge on any atom is 0.410 e. The molecule has 0 bridgehead atoms. The van der Waals surface area contributed by atoms with Crippen LogP contribution in [0.15, 0.2) is 23.8 Å². The summed E-state index contributed by atoms with van der Waals surface area (Å²) in [6.45, 7) is 7.50. The average Bonchev–Trinajstić information content (AvgIpc) is 3.15. The van der Waals surface area contributed by atoms with Gasteiger partial charge in [-0.3, -0.25) is 9.20 Å². The summed E-state index contributed by atoms with van der Waals surface area (Å²) in [5, 5.41) is 1.96. The number of hydrogen-bond donors (Lipinski definition) is 0. The van der Waals surface area contributed by atoms with Crippen LogP contribution in [0.1, 0.15) is 26.5 Å². The van der Waals surface area contributed by atoms with Crippen molar-refractivity contribution in [3.05, 3.63) is 29.5 Å². The number of ether oxygens (including phenoxy) is 1. The van der Waals surface area contributed by atoms with Crippen LogP contribution in [-0.2, 0) is 9.53 Å². The zero-order chi connectivity index (χ0) is 18.0. The van der Waals surface area contributed by atoms with Crippen molar-refractivity contribution in [3.8, 4) is 0 Å². The van der Waals surface area contributed by atoms with Crippen molar-refractivity contribution < 1.29 is 14.3 Å². The lowest BCUT2D eigenvalue weighted by atomic mass is 10.2. The van der Waals surface area contributed by atoms with Crippen LogP contribution < -0.4 is 0 Å². The van der Waals surface area contributed by atoms with E-state index in [9.17, 15) is 9.59 Å². The van der Waals surface area contributed by atoms with Gasteiger partial charge < -0.3 is 14.5 Å². The largest absolute Gasteiger partial charge is 0.444 e. The highest BCUT2D eigenvalue weighted by atomic mass is 32.1. The summed E-state index contributed by atoms with van der Waals surface area (Å²) in [6.07, 6.45) is 6.68. The van der Waals surface area contributed by atoms with Gasteiger partial charge in [0.25, 0.3) is 0 Å². The van der Waals surface area contributed by atoms with E-state index >= 15 is 0 Å². The summed E-state index contributed by atoms with van der Waals surface area (Å²) in [5.74, 6) is -0.0611. The SMILES string of the molecule is CC(C)(C)OC(=O)N1CCN(C(=O)/C=C/c2cnc3sccn23)CC1. The smallest absolute Gasteiger partial charge is 0.410 e. The van der Waals surface area contributed by atoms with Crippen molar-refractivity contribution in [2.24, 2.45) is 0 Å². The number of imidazole rings is 1. The molecule has 3 rings (SSSR count). The van der Waals surface area contributed by atoms with Crippen molar-refractivity contribution in [2.45, 2.75) is 26.4 Å². The number of hydrogen-bond acceptors (Lipinski definition) is 5. The molecule has 134 valence electrons. The molecule has 2 amide bonds. The summed E-state index contributed by atoms with van der Waals surface area (Å²) in [5.41, 5.74) is 0.363. The number of rotatable bonds is 2. The molecule has 0 spiro atoms. The molecule has 1 fully saturated rings. The van der Waals surface area contributed by atoms with Gasteiger partial charge >= 0.3 is 6.09 Å². The molecule has 0 aromatic carbocycles. The van der Waals surface area contributed by atoms with E-state index in [4.69, 9.17) is 4.74 Å². The van der Waals surface area contributed by atoms with Crippen molar-refractivity contribution in [2.75, 3.05) is 26.2 Å². The topological polar surface area (TPSA) is 67.2 Å². The summed E-state index contributed by atoms with van der Waals surface area (Å²) >= 11 is 1.55. The lowest BCUT2D eigenvalue weighted by molar-refractivity contribution is -0.127. The first-order valence-electron chi connectivity index (χ1n) is 8.19. The monoisotopic (exact) mass is 362 g/mol. The van der Waals surface area contributed by atoms with Crippen LogP contribution in [0.3, 0.4) is 0 Å². The zero-order valence-corrected chi connectivity index (χ0v) is 15.5. The Hall–Kier alpha value is -2.35. The molecule has 0 unspecified atom stereocenters. The predicted octanol–water partition coefficient (Wildman–Crippen LogP) is 2.49. The second kappa shape index (κ2) is 6.87. The van der Waals surface area contributed by atoms with Crippen LogP contribution in [0, 0.1) is 0 Å². The van der Waals surface area contributed by atoms with Crippen LogP contribution in [0.5, 0.6) is 0 Å². The van der Waals surface area contributed by atoms with Crippen LogP contribution in [0.4, 0.5) is 4.79 Å². The van der Waals surface area contributed by atoms with Gasteiger partial charge in [0.1, 0.15) is 5.60 Å². The van der Waals surface area contributed by atoms with E-state index in [1.807, 2.05) is 36.7 Å². The molecule has 1 aliphatic rings. The molecule has 7 nitrogen and oxygen atoms in total. The Morgan fingerprint density at radius 1 is 1.20 bits per heavy atom. The van der Waals surface area contributed by atoms with Gasteiger partial charge in [-0.25, -0.2) is 9.78 Å². The number of thiazole rings is 1. The second-order valence-corrected chi connectivity index (χ2v) is 7.74. The van der Waals surface area contributed by atoms with Crippen LogP contribution >= 0.6 is 11.3 Å². The molecule has 0 radical (unpaired) electrons. The fourth-order valence-electron chi connectivity index (χ4n) is 2.57. The van der Waals surface area contributed by atoms with Gasteiger partial charge in [0.15, 0.2) is 4.96 Å². The number of carbonyl (C=O) groups is 2. The van der Waals surface area contributed by atoms with E-state index in [1.165, 1.54) is 0 Å². The minimum absolute atomic E-state index is 0.0611. The fraction of sp³-hybridized carbons (Fsp3) is 0.471. The second-order valence-electron chi connectivity index (χ2n) is 6.86. The molecule has 2 aromatic heterocycles. The first-order chi connectivity index (χ1) is 11.8. The van der Waals surface area contributed by atoms with Gasteiger partial charge in [0, 0.05) is 43.8 Å². The molecule has 1 aliphatic heterocycles. The summed E-state index contributed by atoms with van der Waals surface area (Å²) in [4.78, 5) is 33.0. The lowest BCUT2D eigenvalue weighted by Crippen LogP contribution is -2.51. The Balaban J connectivity index is 1.54. The Morgan fingerprint density at radius 2 is 1.88 bits per heavy atom. The van der Waals surface area contributed by atoms with Gasteiger partial charge in [-0.15, -0.1) is 11.3 Å². The number of piperazine rings is 1. The Kier molecular flexibility index (Phi) is 4.80. The van der Waals surface area contributed by atoms with E-state index in [0.29, 0.717) is 26.2 Å². The van der Waals surface area contributed by atoms with Gasteiger partial charge in [-0.2, -0.15) is 0 Å². The molecule has 8 heteroatoms. The molecular weight excluding hydrogens is 340 g/mol. The molecule has 3 heterocycles. The quantitative estimate of drug-likeness (QED) is 0.770. The molecule has 0 atom stereocenters. The third-order valence-corrected chi connectivity index (χ3v) is 4.59. The standard InChI is InChI=1S/C17H22N4O3S/c1-17(2,3)24-16(23)20-8-6-19(7-9-20)14(22)5-4-13-12-18-15-21(13)10-11-25-15/h4-5,10-12H,6-9H2,1-3H3/b5-4+. The van der Waals surface area contributed by atoms with Gasteiger partial charge in [-0.05, 0) is 26.8 Å². The first kappa shape index (κ1) is 17.5. The van der Waals surface area contributed by atoms with Gasteiger partial charge in [0.05, 0.1) is 11.9 Å². The fourth-order valence-corrected chi connectivity index (χ4v) is 3.26. The summed E-state index contributed by atoms with van der Waals surface area (Å²) < 4.78 is 7.30. The lowest BCUT2D eigenvalue weighted by Gasteiger charge is -2.35. The van der Waals surface area contributed by atoms with Gasteiger partial charge in [-0.1, -0.05) is 0 Å². The van der Waals surface area contributed by atoms with Crippen LogP contribution in [0.2, 0.25) is 0 Å². The third-order valence-electron chi connectivity index (χ3n) is 3.81. The van der Waals surface area contributed by atoms with E-state index in [-0.39, 0.29) is 12.0 Å². The normalized spacial score (nSPS) is 16.0. The number of fused-ring (bicyclic) bond motifs is 1. The predicted molar refractivity (Wildman–Crippen MR) is 96.5 cm³/mol. The Bertz CT molecular complexity index is 794. The van der Waals surface area contributed by atoms with E-state index in [0.717, 1.165) is 10.7 Å². The van der Waals surface area contributed by atoms with E-state index < -0.39 is 5.60 Å². The molecular formula is C17H22N4O3S. The van der Waals surface area contributed by atoms with E-state index in [1.54, 1.807) is 39.5 Å². The Morgan fingerprint density at radius 3 is 2.56 bits per heavy atom. The molecule has 25 heavy (non-hydrogen) atoms. The molecule has 0 saturated carbocycles. The van der Waals surface area contributed by atoms with Gasteiger partial charge in [0.2, 0.25) is 5.91 Å². The zero-order valence-electron chi connectivity index (χ0n) is 14.6. The highest BCUT2D eigenvalue weighted by Gasteiger charge is 2.26. The highest BCUT2D eigenvalue weighted by Crippen LogP contribution is 2.15. The number of aromatic nitrogens is 2. The number of nitrogens with zero attached hydrogens (tertiary/aromatic N) is 4. The Labute approximate surface area is 150 Å². The number of carbonyl (C=O) groups excluding carboxylic acids is 2. The van der Waals surface area contributed by atoms with E-state index in [2.05, 4.69) is 4.98 Å². The minimum Gasteiger partial charge on any atom is -0.444 e. The number of amides is 2. The summed E-state index contributed by atoms with van der Waals surface area (Å²) in [6, 6.07) is 0. The maximum absolute atomic E-state index is 12.4. The van der Waals surface area contributed by atoms with Crippen LogP contribution in [-0.4, -0.2) is 63.0 Å². The van der Waals surface area contributed by atoms with Crippen molar-refractivity contribution >= 4 is 34.4 Å². The third kappa shape index (κ3) is 4.19. The molecule has 0 aliphatic carbocycles. The maximum atomic E-state index is 12.4. The molecule has 2 aromatic rings. The average molecular weight is 362 g/mol. The minimum atomic E-state index is -0.509. The highest BCUT2D eigenvalue weighted by molar-refractivity contribution is 7.15. The molecule has 1 saturated heterocycles. The van der Waals surface area contributed by atoms with Crippen molar-refractivity contribution in [1.82, 2.24) is 19.2 Å². The van der Waals surface area contributed by atoms with Crippen molar-refractivity contribution in [1.29, 1.82) is 0 Å². The van der Waals surface area contributed by atoms with Crippen LogP contribution in [0.25, 0.3) is 11.0 Å². The summed E-state index contributed by atoms with van der Waals surface area (Å²) in [7, 11) is 0. The molecule has 0 N–H and O–H groups in total.